The van der Waals surface area contributed by atoms with Gasteiger partial charge >= 0.3 is 5.76 Å². The van der Waals surface area contributed by atoms with Gasteiger partial charge in [0.2, 0.25) is 0 Å². The molecule has 1 rings (SSSR count). The maximum absolute atomic E-state index is 10.9. The standard InChI is InChI=1S/C11H16N2O3.C2H6/c1-2-10-9(13-11(15)16-10)5-3-4-6-12-7-8-14;1-2/h2-3,5,12,14H,1,4,6-8H2,(H,13,15);1-2H3/b5-3-;. The zero-order valence-corrected chi connectivity index (χ0v) is 11.0. The lowest BCUT2D eigenvalue weighted by Crippen LogP contribution is -2.18. The summed E-state index contributed by atoms with van der Waals surface area (Å²) in [5, 5.41) is 11.6. The molecule has 0 saturated carbocycles. The van der Waals surface area contributed by atoms with Gasteiger partial charge in [-0.15, -0.1) is 0 Å². The molecule has 0 aliphatic heterocycles. The number of oxazole rings is 1. The van der Waals surface area contributed by atoms with E-state index in [9.17, 15) is 4.79 Å². The van der Waals surface area contributed by atoms with Crippen molar-refractivity contribution in [3.8, 4) is 0 Å². The maximum Gasteiger partial charge on any atom is 0.417 e. The van der Waals surface area contributed by atoms with Crippen LogP contribution in [0.3, 0.4) is 0 Å². The number of aliphatic hydroxyl groups is 1. The molecule has 1 heterocycles. The summed E-state index contributed by atoms with van der Waals surface area (Å²) in [6, 6.07) is 0. The molecule has 5 nitrogen and oxygen atoms in total. The Balaban J connectivity index is 0.00000137. The van der Waals surface area contributed by atoms with Gasteiger partial charge in [0.05, 0.1) is 12.3 Å². The van der Waals surface area contributed by atoms with Crippen LogP contribution in [0.25, 0.3) is 12.2 Å². The first-order chi connectivity index (χ1) is 8.77. The van der Waals surface area contributed by atoms with E-state index in [0.717, 1.165) is 13.0 Å². The van der Waals surface area contributed by atoms with E-state index < -0.39 is 5.76 Å². The Labute approximate surface area is 107 Å². The summed E-state index contributed by atoms with van der Waals surface area (Å²) in [7, 11) is 0. The van der Waals surface area contributed by atoms with Crippen LogP contribution in [-0.2, 0) is 0 Å². The van der Waals surface area contributed by atoms with Crippen molar-refractivity contribution in [2.24, 2.45) is 0 Å². The largest absolute Gasteiger partial charge is 0.417 e. The fourth-order valence-electron chi connectivity index (χ4n) is 1.22. The Morgan fingerprint density at radius 1 is 1.44 bits per heavy atom. The number of aromatic amines is 1. The molecular weight excluding hydrogens is 232 g/mol. The minimum atomic E-state index is -0.479. The second-order valence-electron chi connectivity index (χ2n) is 3.16. The molecule has 0 radical (unpaired) electrons. The van der Waals surface area contributed by atoms with Crippen LogP contribution in [-0.4, -0.2) is 29.8 Å². The normalized spacial score (nSPS) is 10.2. The quantitative estimate of drug-likeness (QED) is 0.646. The lowest BCUT2D eigenvalue weighted by Gasteiger charge is -1.97. The Hall–Kier alpha value is -1.59. The molecule has 0 bridgehead atoms. The van der Waals surface area contributed by atoms with Crippen molar-refractivity contribution in [3.05, 3.63) is 34.7 Å². The van der Waals surface area contributed by atoms with Crippen LogP contribution in [0.5, 0.6) is 0 Å². The van der Waals surface area contributed by atoms with Gasteiger partial charge in [0.25, 0.3) is 0 Å². The number of aromatic nitrogens is 1. The van der Waals surface area contributed by atoms with E-state index in [4.69, 9.17) is 9.52 Å². The summed E-state index contributed by atoms with van der Waals surface area (Å²) in [4.78, 5) is 13.5. The molecule has 0 saturated heterocycles. The number of hydrogen-bond donors (Lipinski definition) is 3. The number of rotatable bonds is 7. The monoisotopic (exact) mass is 254 g/mol. The molecule has 5 heteroatoms. The number of H-pyrrole nitrogens is 1. The third kappa shape index (κ3) is 6.22. The highest BCUT2D eigenvalue weighted by Crippen LogP contribution is 2.07. The third-order valence-corrected chi connectivity index (χ3v) is 1.95. The van der Waals surface area contributed by atoms with Crippen LogP contribution in [0.2, 0.25) is 0 Å². The molecule has 0 amide bonds. The van der Waals surface area contributed by atoms with Crippen LogP contribution in [0.4, 0.5) is 0 Å². The minimum absolute atomic E-state index is 0.138. The van der Waals surface area contributed by atoms with E-state index in [1.54, 1.807) is 6.08 Å². The van der Waals surface area contributed by atoms with E-state index in [2.05, 4.69) is 16.9 Å². The first-order valence-electron chi connectivity index (χ1n) is 6.11. The van der Waals surface area contributed by atoms with Crippen LogP contribution >= 0.6 is 0 Å². The highest BCUT2D eigenvalue weighted by atomic mass is 16.4. The smallest absolute Gasteiger partial charge is 0.408 e. The zero-order chi connectivity index (χ0) is 13.8. The summed E-state index contributed by atoms with van der Waals surface area (Å²) >= 11 is 0. The van der Waals surface area contributed by atoms with Crippen LogP contribution in [0.1, 0.15) is 31.7 Å². The first-order valence-corrected chi connectivity index (χ1v) is 6.11. The van der Waals surface area contributed by atoms with Gasteiger partial charge in [-0.2, -0.15) is 0 Å². The maximum atomic E-state index is 10.9. The SMILES string of the molecule is C=Cc1oc(=O)[nH]c1/C=C\CCNCCO.CC. The summed E-state index contributed by atoms with van der Waals surface area (Å²) in [6.45, 7) is 9.06. The Morgan fingerprint density at radius 3 is 2.78 bits per heavy atom. The summed E-state index contributed by atoms with van der Waals surface area (Å²) in [6.07, 6.45) is 5.99. The van der Waals surface area contributed by atoms with Crippen molar-refractivity contribution in [3.63, 3.8) is 0 Å². The molecule has 1 aromatic heterocycles. The summed E-state index contributed by atoms with van der Waals surface area (Å²) in [5.41, 5.74) is 0.627. The Morgan fingerprint density at radius 2 is 2.17 bits per heavy atom. The topological polar surface area (TPSA) is 78.3 Å². The molecule has 0 unspecified atom stereocenters. The molecule has 18 heavy (non-hydrogen) atoms. The summed E-state index contributed by atoms with van der Waals surface area (Å²) < 4.78 is 4.83. The minimum Gasteiger partial charge on any atom is -0.408 e. The fourth-order valence-corrected chi connectivity index (χ4v) is 1.22. The van der Waals surface area contributed by atoms with Crippen LogP contribution in [0.15, 0.2) is 21.9 Å². The number of hydrogen-bond acceptors (Lipinski definition) is 4. The predicted octanol–water partition coefficient (Wildman–Crippen LogP) is 1.62. The highest BCUT2D eigenvalue weighted by molar-refractivity contribution is 5.56. The molecule has 1 aromatic rings. The molecule has 0 aromatic carbocycles. The second-order valence-corrected chi connectivity index (χ2v) is 3.16. The molecular formula is C13H22N2O3. The molecule has 0 fully saturated rings. The lowest BCUT2D eigenvalue weighted by atomic mass is 10.3. The van der Waals surface area contributed by atoms with Gasteiger partial charge in [-0.05, 0) is 25.1 Å². The van der Waals surface area contributed by atoms with Crippen LogP contribution < -0.4 is 11.1 Å². The van der Waals surface area contributed by atoms with Gasteiger partial charge in [0.15, 0.2) is 5.76 Å². The van der Waals surface area contributed by atoms with Crippen LogP contribution in [0, 0.1) is 0 Å². The van der Waals surface area contributed by atoms with Crippen molar-refractivity contribution >= 4 is 12.2 Å². The molecule has 0 atom stereocenters. The number of nitrogens with one attached hydrogen (secondary N) is 2. The van der Waals surface area contributed by atoms with Gasteiger partial charge in [0.1, 0.15) is 0 Å². The van der Waals surface area contributed by atoms with E-state index in [1.807, 2.05) is 19.9 Å². The summed E-state index contributed by atoms with van der Waals surface area (Å²) in [5.74, 6) is -0.0301. The second kappa shape index (κ2) is 10.6. The molecule has 102 valence electrons. The van der Waals surface area contributed by atoms with E-state index in [0.29, 0.717) is 18.0 Å². The van der Waals surface area contributed by atoms with Crippen molar-refractivity contribution < 1.29 is 9.52 Å². The van der Waals surface area contributed by atoms with Gasteiger partial charge in [-0.25, -0.2) is 4.79 Å². The van der Waals surface area contributed by atoms with Crippen molar-refractivity contribution in [1.82, 2.24) is 10.3 Å². The molecule has 0 aliphatic carbocycles. The zero-order valence-electron chi connectivity index (χ0n) is 11.0. The molecule has 0 aliphatic rings. The average molecular weight is 254 g/mol. The molecule has 0 spiro atoms. The van der Waals surface area contributed by atoms with Gasteiger partial charge < -0.3 is 14.8 Å². The first kappa shape index (κ1) is 16.4. The van der Waals surface area contributed by atoms with Crippen molar-refractivity contribution in [2.75, 3.05) is 19.7 Å². The van der Waals surface area contributed by atoms with E-state index in [-0.39, 0.29) is 6.61 Å². The lowest BCUT2D eigenvalue weighted by molar-refractivity contribution is 0.293. The van der Waals surface area contributed by atoms with Gasteiger partial charge in [0, 0.05) is 6.54 Å². The van der Waals surface area contributed by atoms with Gasteiger partial charge in [-0.1, -0.05) is 26.5 Å². The highest BCUT2D eigenvalue weighted by Gasteiger charge is 2.01. The van der Waals surface area contributed by atoms with E-state index in [1.165, 1.54) is 6.08 Å². The van der Waals surface area contributed by atoms with E-state index >= 15 is 0 Å². The fraction of sp³-hybridized carbons (Fsp3) is 0.462. The third-order valence-electron chi connectivity index (χ3n) is 1.95. The van der Waals surface area contributed by atoms with Crippen molar-refractivity contribution in [2.45, 2.75) is 20.3 Å². The van der Waals surface area contributed by atoms with Crippen molar-refractivity contribution in [1.29, 1.82) is 0 Å². The average Bonchev–Trinajstić information content (AvgIpc) is 2.76. The molecule has 3 N–H and O–H groups in total. The predicted molar refractivity (Wildman–Crippen MR) is 74.4 cm³/mol. The Kier molecular flexibility index (Phi) is 9.62. The Bertz CT molecular complexity index is 405. The number of aliphatic hydroxyl groups excluding tert-OH is 1. The van der Waals surface area contributed by atoms with Gasteiger partial charge in [-0.3, -0.25) is 4.98 Å².